The summed E-state index contributed by atoms with van der Waals surface area (Å²) < 4.78 is 46.3. The Morgan fingerprint density at radius 3 is 2.21 bits per heavy atom. The number of halogens is 3. The van der Waals surface area contributed by atoms with Crippen LogP contribution in [-0.2, 0) is 14.3 Å². The van der Waals surface area contributed by atoms with Crippen LogP contribution in [0.15, 0.2) is 48.5 Å². The Morgan fingerprint density at radius 1 is 1.12 bits per heavy atom. The maximum Gasteiger partial charge on any atom is 0.417 e. The van der Waals surface area contributed by atoms with E-state index in [0.29, 0.717) is 4.90 Å². The molecule has 0 bridgehead atoms. The highest BCUT2D eigenvalue weighted by Crippen LogP contribution is 2.44. The number of rotatable bonds is 5. The first-order chi connectivity index (χ1) is 16.0. The van der Waals surface area contributed by atoms with E-state index < -0.39 is 35.7 Å². The fraction of sp³-hybridized carbons (Fsp3) is 0.375. The number of hydrogen-bond acceptors (Lipinski definition) is 4. The zero-order valence-corrected chi connectivity index (χ0v) is 18.3. The van der Waals surface area contributed by atoms with E-state index in [-0.39, 0.29) is 31.9 Å². The second kappa shape index (κ2) is 8.66. The molecule has 10 heteroatoms. The molecule has 1 aliphatic carbocycles. The number of aliphatic carboxylic acids is 1. The van der Waals surface area contributed by atoms with E-state index in [0.717, 1.165) is 22.3 Å². The van der Waals surface area contributed by atoms with Crippen LogP contribution in [0.3, 0.4) is 0 Å². The van der Waals surface area contributed by atoms with Crippen LogP contribution in [-0.4, -0.2) is 58.9 Å². The van der Waals surface area contributed by atoms with E-state index >= 15 is 0 Å². The number of alkyl carbamates (subject to hydrolysis) is 1. The Morgan fingerprint density at radius 2 is 1.68 bits per heavy atom. The first-order valence-electron chi connectivity index (χ1n) is 10.8. The van der Waals surface area contributed by atoms with Crippen LogP contribution in [0.2, 0.25) is 0 Å². The van der Waals surface area contributed by atoms with Gasteiger partial charge in [0.05, 0.1) is 0 Å². The van der Waals surface area contributed by atoms with Gasteiger partial charge in [0.1, 0.15) is 12.1 Å². The third kappa shape index (κ3) is 4.08. The number of fused-ring (bicyclic) bond motifs is 3. The van der Waals surface area contributed by atoms with Crippen LogP contribution in [0.5, 0.6) is 0 Å². The molecule has 0 radical (unpaired) electrons. The molecule has 1 heterocycles. The number of benzene rings is 2. The van der Waals surface area contributed by atoms with Gasteiger partial charge in [0.15, 0.2) is 0 Å². The number of carboxylic acid groups (broad SMARTS) is 1. The third-order valence-corrected chi connectivity index (χ3v) is 6.55. The molecule has 180 valence electrons. The van der Waals surface area contributed by atoms with Gasteiger partial charge in [-0.15, -0.1) is 0 Å². The third-order valence-electron chi connectivity index (χ3n) is 6.55. The Labute approximate surface area is 193 Å². The highest BCUT2D eigenvalue weighted by molar-refractivity contribution is 5.92. The van der Waals surface area contributed by atoms with Crippen molar-refractivity contribution in [1.29, 1.82) is 0 Å². The van der Waals surface area contributed by atoms with Gasteiger partial charge in [0, 0.05) is 12.5 Å². The van der Waals surface area contributed by atoms with Gasteiger partial charge in [0.25, 0.3) is 5.91 Å². The maximum absolute atomic E-state index is 13.7. The Kier molecular flexibility index (Phi) is 6.01. The summed E-state index contributed by atoms with van der Waals surface area (Å²) in [5, 5.41) is 11.0. The SMILES string of the molecule is C[C@]1(C(=O)O)CCCN1C(=O)C(NC(=O)OCC1c2ccccc2-c2ccccc21)C(F)(F)F. The van der Waals surface area contributed by atoms with Gasteiger partial charge in [-0.25, -0.2) is 9.59 Å². The molecular formula is C24H23F3N2O5. The summed E-state index contributed by atoms with van der Waals surface area (Å²) >= 11 is 0. The monoisotopic (exact) mass is 476 g/mol. The summed E-state index contributed by atoms with van der Waals surface area (Å²) in [7, 11) is 0. The van der Waals surface area contributed by atoms with Crippen molar-refractivity contribution in [3.63, 3.8) is 0 Å². The predicted molar refractivity (Wildman–Crippen MR) is 115 cm³/mol. The van der Waals surface area contributed by atoms with Crippen LogP contribution in [0, 0.1) is 0 Å². The molecule has 0 saturated carbocycles. The maximum atomic E-state index is 13.7. The summed E-state index contributed by atoms with van der Waals surface area (Å²) in [6.45, 7) is 0.816. The van der Waals surface area contributed by atoms with Crippen LogP contribution in [0.1, 0.15) is 36.8 Å². The van der Waals surface area contributed by atoms with E-state index in [9.17, 15) is 32.7 Å². The van der Waals surface area contributed by atoms with Crippen molar-refractivity contribution in [1.82, 2.24) is 10.2 Å². The number of nitrogens with one attached hydrogen (secondary N) is 1. The first kappa shape index (κ1) is 23.6. The molecule has 2 amide bonds. The lowest BCUT2D eigenvalue weighted by Crippen LogP contribution is -2.61. The van der Waals surface area contributed by atoms with Crippen LogP contribution < -0.4 is 5.32 Å². The quantitative estimate of drug-likeness (QED) is 0.682. The van der Waals surface area contributed by atoms with Gasteiger partial charge in [-0.3, -0.25) is 4.79 Å². The zero-order valence-electron chi connectivity index (χ0n) is 18.3. The summed E-state index contributed by atoms with van der Waals surface area (Å²) in [6.07, 6.45) is -6.29. The number of hydrogen-bond donors (Lipinski definition) is 2. The van der Waals surface area contributed by atoms with Gasteiger partial charge in [0.2, 0.25) is 6.04 Å². The van der Waals surface area contributed by atoms with Gasteiger partial charge in [-0.1, -0.05) is 48.5 Å². The molecule has 1 aliphatic heterocycles. The van der Waals surface area contributed by atoms with E-state index in [1.54, 1.807) is 5.32 Å². The van der Waals surface area contributed by atoms with E-state index in [4.69, 9.17) is 4.74 Å². The fourth-order valence-corrected chi connectivity index (χ4v) is 4.74. The minimum Gasteiger partial charge on any atom is -0.480 e. The van der Waals surface area contributed by atoms with E-state index in [1.807, 2.05) is 48.5 Å². The van der Waals surface area contributed by atoms with Crippen molar-refractivity contribution in [3.8, 4) is 11.1 Å². The number of alkyl halides is 3. The van der Waals surface area contributed by atoms with Crippen molar-refractivity contribution in [2.75, 3.05) is 13.2 Å². The van der Waals surface area contributed by atoms with E-state index in [1.165, 1.54) is 6.92 Å². The van der Waals surface area contributed by atoms with Crippen molar-refractivity contribution in [3.05, 3.63) is 59.7 Å². The van der Waals surface area contributed by atoms with E-state index in [2.05, 4.69) is 0 Å². The average molecular weight is 476 g/mol. The van der Waals surface area contributed by atoms with Crippen molar-refractivity contribution < 1.29 is 37.4 Å². The normalized spacial score (nSPS) is 20.4. The molecule has 4 rings (SSSR count). The molecule has 7 nitrogen and oxygen atoms in total. The molecule has 2 N–H and O–H groups in total. The number of carbonyl (C=O) groups is 3. The molecule has 0 aromatic heterocycles. The molecule has 2 aliphatic rings. The first-order valence-corrected chi connectivity index (χ1v) is 10.8. The predicted octanol–water partition coefficient (Wildman–Crippen LogP) is 3.92. The van der Waals surface area contributed by atoms with Crippen LogP contribution in [0.4, 0.5) is 18.0 Å². The van der Waals surface area contributed by atoms with Gasteiger partial charge in [-0.05, 0) is 42.0 Å². The fourth-order valence-electron chi connectivity index (χ4n) is 4.74. The number of ether oxygens (including phenoxy) is 1. The van der Waals surface area contributed by atoms with Crippen molar-refractivity contribution >= 4 is 18.0 Å². The summed E-state index contributed by atoms with van der Waals surface area (Å²) in [4.78, 5) is 37.3. The zero-order chi connectivity index (χ0) is 24.7. The average Bonchev–Trinajstić information content (AvgIpc) is 3.34. The standard InChI is InChI=1S/C24H23F3N2O5/c1-23(21(31)32)11-6-12-29(23)20(30)19(24(25,26)27)28-22(33)34-13-18-16-9-4-2-7-14(16)15-8-3-5-10-17(15)18/h2-5,7-10,18-19H,6,11-13H2,1H3,(H,28,33)(H,31,32)/t19?,23-/m1/s1. The van der Waals surface area contributed by atoms with Crippen LogP contribution >= 0.6 is 0 Å². The second-order valence-electron chi connectivity index (χ2n) is 8.62. The molecule has 2 aromatic rings. The number of carbonyl (C=O) groups excluding carboxylic acids is 2. The molecule has 0 spiro atoms. The molecule has 1 fully saturated rings. The lowest BCUT2D eigenvalue weighted by Gasteiger charge is -2.34. The highest BCUT2D eigenvalue weighted by Gasteiger charge is 2.54. The molecule has 34 heavy (non-hydrogen) atoms. The number of nitrogens with zero attached hydrogens (tertiary/aromatic N) is 1. The summed E-state index contributed by atoms with van der Waals surface area (Å²) in [5.41, 5.74) is 1.90. The minimum absolute atomic E-state index is 0.0175. The Hall–Kier alpha value is -3.56. The second-order valence-corrected chi connectivity index (χ2v) is 8.62. The number of likely N-dealkylation sites (tertiary alicyclic amines) is 1. The topological polar surface area (TPSA) is 95.9 Å². The minimum atomic E-state index is -5.13. The van der Waals surface area contributed by atoms with Gasteiger partial charge >= 0.3 is 18.2 Å². The lowest BCUT2D eigenvalue weighted by molar-refractivity contribution is -0.180. The Bertz CT molecular complexity index is 1090. The molecule has 2 aromatic carbocycles. The number of carboxylic acids is 1. The van der Waals surface area contributed by atoms with Gasteiger partial charge < -0.3 is 20.1 Å². The molecule has 2 atom stereocenters. The Balaban J connectivity index is 1.49. The molecule has 1 unspecified atom stereocenters. The summed E-state index contributed by atoms with van der Waals surface area (Å²) in [6, 6.07) is 12.0. The lowest BCUT2D eigenvalue weighted by atomic mass is 9.98. The van der Waals surface area contributed by atoms with Crippen molar-refractivity contribution in [2.24, 2.45) is 0 Å². The van der Waals surface area contributed by atoms with Gasteiger partial charge in [-0.2, -0.15) is 13.2 Å². The van der Waals surface area contributed by atoms with Crippen LogP contribution in [0.25, 0.3) is 11.1 Å². The number of amides is 2. The van der Waals surface area contributed by atoms with Crippen molar-refractivity contribution in [2.45, 2.75) is 43.4 Å². The smallest absolute Gasteiger partial charge is 0.417 e. The highest BCUT2D eigenvalue weighted by atomic mass is 19.4. The molecular weight excluding hydrogens is 453 g/mol. The summed E-state index contributed by atoms with van der Waals surface area (Å²) in [5.74, 6) is -3.30. The largest absolute Gasteiger partial charge is 0.480 e. The molecule has 1 saturated heterocycles.